The fraction of sp³-hybridized carbons (Fsp3) is 0.545. The van der Waals surface area contributed by atoms with Crippen molar-refractivity contribution in [2.75, 3.05) is 11.1 Å². The lowest BCUT2D eigenvalue weighted by Crippen LogP contribution is -2.12. The minimum atomic E-state index is -0.00429. The molecular formula is C11H15N3OS2. The Balaban J connectivity index is 2.01. The summed E-state index contributed by atoms with van der Waals surface area (Å²) >= 11 is 3.15. The number of amidine groups is 1. The zero-order valence-corrected chi connectivity index (χ0v) is 11.7. The number of thioether (sulfide) groups is 1. The normalized spacial score (nSPS) is 19.5. The number of hydrogen-bond donors (Lipinski definition) is 1. The quantitative estimate of drug-likeness (QED) is 0.857. The van der Waals surface area contributed by atoms with E-state index in [1.54, 1.807) is 17.1 Å². The van der Waals surface area contributed by atoms with Crippen LogP contribution in [-0.2, 0) is 0 Å². The van der Waals surface area contributed by atoms with Gasteiger partial charge in [-0.15, -0.1) is 11.3 Å². The van der Waals surface area contributed by atoms with Gasteiger partial charge in [-0.25, -0.2) is 4.98 Å². The lowest BCUT2D eigenvalue weighted by atomic mass is 10.1. The number of anilines is 1. The van der Waals surface area contributed by atoms with Crippen molar-refractivity contribution >= 4 is 39.2 Å². The summed E-state index contributed by atoms with van der Waals surface area (Å²) in [5.74, 6) is 1.58. The van der Waals surface area contributed by atoms with Gasteiger partial charge in [0, 0.05) is 18.1 Å². The molecule has 0 saturated heterocycles. The summed E-state index contributed by atoms with van der Waals surface area (Å²) in [6.07, 6.45) is 0. The van der Waals surface area contributed by atoms with Crippen molar-refractivity contribution in [2.24, 2.45) is 10.9 Å². The smallest absolute Gasteiger partial charge is 0.189 e. The Labute approximate surface area is 109 Å². The third-order valence-electron chi connectivity index (χ3n) is 2.52. The summed E-state index contributed by atoms with van der Waals surface area (Å²) in [6, 6.07) is 0.384. The van der Waals surface area contributed by atoms with Crippen LogP contribution in [0, 0.1) is 5.92 Å². The summed E-state index contributed by atoms with van der Waals surface area (Å²) in [6.45, 7) is 5.87. The van der Waals surface area contributed by atoms with Crippen LogP contribution >= 0.6 is 23.1 Å². The van der Waals surface area contributed by atoms with Gasteiger partial charge in [-0.2, -0.15) is 0 Å². The maximum Gasteiger partial charge on any atom is 0.189 e. The zero-order chi connectivity index (χ0) is 12.4. The van der Waals surface area contributed by atoms with E-state index in [2.05, 4.69) is 29.1 Å². The number of nitrogens with one attached hydrogen (secondary N) is 1. The lowest BCUT2D eigenvalue weighted by Gasteiger charge is -2.07. The van der Waals surface area contributed by atoms with Crippen LogP contribution in [0.5, 0.6) is 0 Å². The lowest BCUT2D eigenvalue weighted by molar-refractivity contribution is 0.101. The number of rotatable bonds is 3. The van der Waals surface area contributed by atoms with Crippen LogP contribution in [0.15, 0.2) is 10.4 Å². The molecule has 4 nitrogen and oxygen atoms in total. The molecule has 6 heteroatoms. The topological polar surface area (TPSA) is 54.4 Å². The number of carbonyl (C=O) groups excluding carboxylic acids is 1. The van der Waals surface area contributed by atoms with Gasteiger partial charge in [0.25, 0.3) is 0 Å². The molecule has 0 amide bonds. The molecule has 1 aromatic heterocycles. The second kappa shape index (κ2) is 5.18. The van der Waals surface area contributed by atoms with Crippen LogP contribution in [0.4, 0.5) is 5.13 Å². The molecule has 1 aromatic rings. The molecule has 2 heterocycles. The Morgan fingerprint density at radius 2 is 2.35 bits per heavy atom. The van der Waals surface area contributed by atoms with Crippen molar-refractivity contribution in [1.82, 2.24) is 4.98 Å². The fourth-order valence-electron chi connectivity index (χ4n) is 1.38. The highest BCUT2D eigenvalue weighted by Gasteiger charge is 2.21. The molecule has 1 unspecified atom stereocenters. The van der Waals surface area contributed by atoms with Crippen LogP contribution in [0.25, 0.3) is 0 Å². The van der Waals surface area contributed by atoms with Gasteiger partial charge in [0.2, 0.25) is 0 Å². The van der Waals surface area contributed by atoms with Gasteiger partial charge in [0.1, 0.15) is 5.69 Å². The Morgan fingerprint density at radius 1 is 1.59 bits per heavy atom. The Hall–Kier alpha value is -0.880. The highest BCUT2D eigenvalue weighted by atomic mass is 32.2. The molecule has 0 spiro atoms. The number of Topliss-reactive ketones (excluding diaryl/α,β-unsaturated/α-hetero) is 1. The number of ketones is 1. The summed E-state index contributed by atoms with van der Waals surface area (Å²) in [5.41, 5.74) is 0.515. The van der Waals surface area contributed by atoms with Crippen molar-refractivity contribution < 1.29 is 4.79 Å². The van der Waals surface area contributed by atoms with E-state index in [0.29, 0.717) is 17.7 Å². The van der Waals surface area contributed by atoms with Gasteiger partial charge in [-0.1, -0.05) is 25.6 Å². The number of aliphatic imine (C=N–C) groups is 1. The highest BCUT2D eigenvalue weighted by Crippen LogP contribution is 2.25. The molecule has 0 aromatic carbocycles. The van der Waals surface area contributed by atoms with Crippen molar-refractivity contribution in [3.63, 3.8) is 0 Å². The Bertz CT molecular complexity index is 453. The van der Waals surface area contributed by atoms with E-state index in [9.17, 15) is 4.79 Å². The van der Waals surface area contributed by atoms with Crippen LogP contribution in [0.3, 0.4) is 0 Å². The Morgan fingerprint density at radius 3 is 2.88 bits per heavy atom. The molecule has 2 rings (SSSR count). The maximum atomic E-state index is 11.1. The van der Waals surface area contributed by atoms with Gasteiger partial charge in [0.15, 0.2) is 16.1 Å². The molecule has 0 bridgehead atoms. The summed E-state index contributed by atoms with van der Waals surface area (Å²) in [5, 5.41) is 6.59. The highest BCUT2D eigenvalue weighted by molar-refractivity contribution is 8.14. The predicted octanol–water partition coefficient (Wildman–Crippen LogP) is 2.89. The average molecular weight is 269 g/mol. The zero-order valence-electron chi connectivity index (χ0n) is 10.1. The van der Waals surface area contributed by atoms with E-state index in [0.717, 1.165) is 16.1 Å². The molecule has 92 valence electrons. The average Bonchev–Trinajstić information content (AvgIpc) is 2.87. The molecule has 0 radical (unpaired) electrons. The number of hydrogen-bond acceptors (Lipinski definition) is 6. The molecule has 1 aliphatic rings. The first-order valence-corrected chi connectivity index (χ1v) is 7.37. The number of aromatic nitrogens is 1. The minimum absolute atomic E-state index is 0.00429. The van der Waals surface area contributed by atoms with E-state index in [1.807, 2.05) is 0 Å². The molecule has 1 aliphatic heterocycles. The summed E-state index contributed by atoms with van der Waals surface area (Å²) < 4.78 is 0. The Kier molecular flexibility index (Phi) is 3.83. The SMILES string of the molecule is CC(=O)c1csc(NC2=NC(C(C)C)CS2)n1. The van der Waals surface area contributed by atoms with Gasteiger partial charge < -0.3 is 5.32 Å². The van der Waals surface area contributed by atoms with E-state index in [1.165, 1.54) is 18.3 Å². The van der Waals surface area contributed by atoms with Crippen molar-refractivity contribution in [3.05, 3.63) is 11.1 Å². The number of carbonyl (C=O) groups is 1. The summed E-state index contributed by atoms with van der Waals surface area (Å²) in [4.78, 5) is 19.9. The first-order valence-electron chi connectivity index (χ1n) is 5.50. The van der Waals surface area contributed by atoms with E-state index in [4.69, 9.17) is 0 Å². The molecule has 0 saturated carbocycles. The molecule has 0 fully saturated rings. The third-order valence-corrected chi connectivity index (χ3v) is 4.27. The van der Waals surface area contributed by atoms with E-state index < -0.39 is 0 Å². The van der Waals surface area contributed by atoms with Crippen LogP contribution in [-0.4, -0.2) is 27.7 Å². The molecule has 1 N–H and O–H groups in total. The second-order valence-corrected chi connectivity index (χ2v) is 6.14. The first kappa shape index (κ1) is 12.6. The van der Waals surface area contributed by atoms with Crippen molar-refractivity contribution in [3.8, 4) is 0 Å². The minimum Gasteiger partial charge on any atom is -0.311 e. The maximum absolute atomic E-state index is 11.1. The van der Waals surface area contributed by atoms with Crippen LogP contribution < -0.4 is 5.32 Å². The monoisotopic (exact) mass is 269 g/mol. The number of thiazole rings is 1. The summed E-state index contributed by atoms with van der Waals surface area (Å²) in [7, 11) is 0. The standard InChI is InChI=1S/C11H15N3OS2/c1-6(2)8-4-16-10(12-8)14-11-13-9(5-17-11)7(3)15/h5-6,8H,4H2,1-3H3,(H,12,13,14). The third kappa shape index (κ3) is 3.07. The fourth-order valence-corrected chi connectivity index (χ4v) is 3.36. The van der Waals surface area contributed by atoms with Crippen molar-refractivity contribution in [1.29, 1.82) is 0 Å². The van der Waals surface area contributed by atoms with Crippen LogP contribution in [0.1, 0.15) is 31.3 Å². The first-order chi connectivity index (χ1) is 8.06. The van der Waals surface area contributed by atoms with E-state index >= 15 is 0 Å². The molecule has 17 heavy (non-hydrogen) atoms. The number of nitrogens with zero attached hydrogens (tertiary/aromatic N) is 2. The van der Waals surface area contributed by atoms with Gasteiger partial charge in [-0.3, -0.25) is 9.79 Å². The van der Waals surface area contributed by atoms with Crippen LogP contribution in [0.2, 0.25) is 0 Å². The van der Waals surface area contributed by atoms with E-state index in [-0.39, 0.29) is 5.78 Å². The van der Waals surface area contributed by atoms with Gasteiger partial charge in [0.05, 0.1) is 6.04 Å². The van der Waals surface area contributed by atoms with Gasteiger partial charge in [-0.05, 0) is 5.92 Å². The molecule has 1 atom stereocenters. The van der Waals surface area contributed by atoms with Crippen molar-refractivity contribution in [2.45, 2.75) is 26.8 Å². The molecular weight excluding hydrogens is 254 g/mol. The van der Waals surface area contributed by atoms with Gasteiger partial charge >= 0.3 is 0 Å². The molecule has 0 aliphatic carbocycles. The second-order valence-electron chi connectivity index (χ2n) is 4.28. The largest absolute Gasteiger partial charge is 0.311 e. The predicted molar refractivity (Wildman–Crippen MR) is 74.3 cm³/mol.